The van der Waals surface area contributed by atoms with Crippen molar-refractivity contribution in [3.05, 3.63) is 40.2 Å². The zero-order chi connectivity index (χ0) is 15.4. The number of nitrogens with one attached hydrogen (secondary N) is 2. The predicted octanol–water partition coefficient (Wildman–Crippen LogP) is 3.23. The SMILES string of the molecule is Cc1sc(CCNC(=O)C2CCNC2)nc1-c1ccccc1.Cl.Cl. The predicted molar refractivity (Wildman–Crippen MR) is 104 cm³/mol. The van der Waals surface area contributed by atoms with Gasteiger partial charge in [-0.15, -0.1) is 36.2 Å². The van der Waals surface area contributed by atoms with Gasteiger partial charge >= 0.3 is 0 Å². The van der Waals surface area contributed by atoms with Crippen LogP contribution in [0.25, 0.3) is 11.3 Å². The van der Waals surface area contributed by atoms with Gasteiger partial charge in [0.05, 0.1) is 16.6 Å². The first kappa shape index (κ1) is 20.9. The van der Waals surface area contributed by atoms with Crippen molar-refractivity contribution in [2.45, 2.75) is 19.8 Å². The summed E-state index contributed by atoms with van der Waals surface area (Å²) in [5.74, 6) is 0.305. The summed E-state index contributed by atoms with van der Waals surface area (Å²) in [4.78, 5) is 17.9. The molecule has 1 atom stereocenters. The van der Waals surface area contributed by atoms with Crippen LogP contribution < -0.4 is 10.6 Å². The molecule has 1 aromatic heterocycles. The molecule has 0 aliphatic carbocycles. The molecule has 1 amide bonds. The van der Waals surface area contributed by atoms with Crippen LogP contribution in [0.15, 0.2) is 30.3 Å². The molecule has 1 aliphatic heterocycles. The Balaban J connectivity index is 0.00000144. The van der Waals surface area contributed by atoms with Gasteiger partial charge in [-0.25, -0.2) is 4.98 Å². The van der Waals surface area contributed by atoms with E-state index in [1.807, 2.05) is 18.2 Å². The summed E-state index contributed by atoms with van der Waals surface area (Å²) in [6.45, 7) is 4.52. The maximum absolute atomic E-state index is 12.0. The number of hydrogen-bond acceptors (Lipinski definition) is 4. The molecule has 4 nitrogen and oxygen atoms in total. The van der Waals surface area contributed by atoms with Crippen LogP contribution in [0.1, 0.15) is 16.3 Å². The van der Waals surface area contributed by atoms with E-state index >= 15 is 0 Å². The molecule has 1 fully saturated rings. The van der Waals surface area contributed by atoms with Gasteiger partial charge in [-0.05, 0) is 19.9 Å². The van der Waals surface area contributed by atoms with Crippen molar-refractivity contribution in [3.8, 4) is 11.3 Å². The summed E-state index contributed by atoms with van der Waals surface area (Å²) in [5, 5.41) is 7.33. The molecular weight excluding hydrogens is 365 g/mol. The highest BCUT2D eigenvalue weighted by atomic mass is 35.5. The van der Waals surface area contributed by atoms with Gasteiger partial charge in [0.2, 0.25) is 5.91 Å². The van der Waals surface area contributed by atoms with Crippen molar-refractivity contribution in [3.63, 3.8) is 0 Å². The maximum Gasteiger partial charge on any atom is 0.224 e. The Morgan fingerprint density at radius 1 is 1.33 bits per heavy atom. The molecule has 1 aromatic carbocycles. The molecule has 2 aromatic rings. The standard InChI is InChI=1S/C17H21N3OS.2ClH/c1-12-16(13-5-3-2-4-6-13)20-15(22-12)8-10-19-17(21)14-7-9-18-11-14;;/h2-6,14,18H,7-11H2,1H3,(H,19,21);2*1H. The lowest BCUT2D eigenvalue weighted by molar-refractivity contribution is -0.124. The number of amides is 1. The third-order valence-corrected chi connectivity index (χ3v) is 4.99. The molecule has 1 unspecified atom stereocenters. The Kier molecular flexibility index (Phi) is 8.70. The minimum Gasteiger partial charge on any atom is -0.355 e. The zero-order valence-electron chi connectivity index (χ0n) is 13.6. The number of halogens is 2. The van der Waals surface area contributed by atoms with E-state index in [-0.39, 0.29) is 36.6 Å². The van der Waals surface area contributed by atoms with Crippen molar-refractivity contribution in [2.24, 2.45) is 5.92 Å². The van der Waals surface area contributed by atoms with Crippen molar-refractivity contribution >= 4 is 42.1 Å². The van der Waals surface area contributed by atoms with E-state index in [9.17, 15) is 4.79 Å². The molecule has 7 heteroatoms. The Labute approximate surface area is 159 Å². The first-order valence-corrected chi connectivity index (χ1v) is 8.56. The average molecular weight is 388 g/mol. The molecule has 3 rings (SSSR count). The van der Waals surface area contributed by atoms with E-state index in [1.165, 1.54) is 4.88 Å². The summed E-state index contributed by atoms with van der Waals surface area (Å²) in [6.07, 6.45) is 1.74. The van der Waals surface area contributed by atoms with Gasteiger partial charge in [-0.1, -0.05) is 30.3 Å². The summed E-state index contributed by atoms with van der Waals surface area (Å²) < 4.78 is 0. The minimum absolute atomic E-state index is 0. The Morgan fingerprint density at radius 3 is 2.75 bits per heavy atom. The van der Waals surface area contributed by atoms with Gasteiger partial charge < -0.3 is 10.6 Å². The number of thiazole rings is 1. The van der Waals surface area contributed by atoms with Gasteiger partial charge in [0.1, 0.15) is 0 Å². The fourth-order valence-electron chi connectivity index (χ4n) is 2.74. The number of rotatable bonds is 5. The first-order chi connectivity index (χ1) is 10.7. The van der Waals surface area contributed by atoms with E-state index < -0.39 is 0 Å². The first-order valence-electron chi connectivity index (χ1n) is 7.74. The summed E-state index contributed by atoms with van der Waals surface area (Å²) in [5.41, 5.74) is 2.22. The van der Waals surface area contributed by atoms with Crippen LogP contribution in [-0.2, 0) is 11.2 Å². The van der Waals surface area contributed by atoms with Crippen LogP contribution >= 0.6 is 36.2 Å². The van der Waals surface area contributed by atoms with Gasteiger partial charge in [0.15, 0.2) is 0 Å². The van der Waals surface area contributed by atoms with Crippen molar-refractivity contribution < 1.29 is 4.79 Å². The molecule has 24 heavy (non-hydrogen) atoms. The highest BCUT2D eigenvalue weighted by Crippen LogP contribution is 2.27. The van der Waals surface area contributed by atoms with E-state index in [0.717, 1.165) is 42.2 Å². The number of benzene rings is 1. The summed E-state index contributed by atoms with van der Waals surface area (Å²) in [7, 11) is 0. The topological polar surface area (TPSA) is 54.0 Å². The Bertz CT molecular complexity index is 643. The lowest BCUT2D eigenvalue weighted by Gasteiger charge is -2.08. The second-order valence-electron chi connectivity index (χ2n) is 5.61. The van der Waals surface area contributed by atoms with Gasteiger partial charge in [-0.2, -0.15) is 0 Å². The highest BCUT2D eigenvalue weighted by molar-refractivity contribution is 7.12. The van der Waals surface area contributed by atoms with Gasteiger partial charge in [0, 0.05) is 30.0 Å². The molecule has 0 saturated carbocycles. The summed E-state index contributed by atoms with van der Waals surface area (Å²) in [6, 6.07) is 10.2. The van der Waals surface area contributed by atoms with Crippen LogP contribution in [-0.4, -0.2) is 30.5 Å². The third-order valence-electron chi connectivity index (χ3n) is 3.96. The number of carbonyl (C=O) groups is 1. The third kappa shape index (κ3) is 5.18. The van der Waals surface area contributed by atoms with E-state index in [2.05, 4.69) is 29.7 Å². The van der Waals surface area contributed by atoms with E-state index in [1.54, 1.807) is 11.3 Å². The number of aryl methyl sites for hydroxylation is 1. The normalized spacial score (nSPS) is 16.1. The molecule has 2 N–H and O–H groups in total. The van der Waals surface area contributed by atoms with Crippen LogP contribution in [0.4, 0.5) is 0 Å². The molecule has 1 aliphatic rings. The van der Waals surface area contributed by atoms with Gasteiger partial charge in [-0.3, -0.25) is 4.79 Å². The fourth-order valence-corrected chi connectivity index (χ4v) is 3.69. The van der Waals surface area contributed by atoms with Gasteiger partial charge in [0.25, 0.3) is 0 Å². The second-order valence-corrected chi connectivity index (χ2v) is 6.90. The monoisotopic (exact) mass is 387 g/mol. The largest absolute Gasteiger partial charge is 0.355 e. The van der Waals surface area contributed by atoms with Crippen LogP contribution in [0.3, 0.4) is 0 Å². The van der Waals surface area contributed by atoms with E-state index in [0.29, 0.717) is 6.54 Å². The Hall–Kier alpha value is -1.14. The van der Waals surface area contributed by atoms with Crippen molar-refractivity contribution in [1.82, 2.24) is 15.6 Å². The zero-order valence-corrected chi connectivity index (χ0v) is 16.0. The molecule has 132 valence electrons. The maximum atomic E-state index is 12.0. The quantitative estimate of drug-likeness (QED) is 0.827. The second kappa shape index (κ2) is 9.99. The van der Waals surface area contributed by atoms with Crippen LogP contribution in [0.2, 0.25) is 0 Å². The summed E-state index contributed by atoms with van der Waals surface area (Å²) >= 11 is 1.72. The molecular formula is C17H23Cl2N3OS. The Morgan fingerprint density at radius 2 is 2.08 bits per heavy atom. The molecule has 2 heterocycles. The van der Waals surface area contributed by atoms with Crippen molar-refractivity contribution in [2.75, 3.05) is 19.6 Å². The number of hydrogen-bond donors (Lipinski definition) is 2. The molecule has 0 bridgehead atoms. The minimum atomic E-state index is 0. The molecule has 1 saturated heterocycles. The molecule has 0 spiro atoms. The fraction of sp³-hybridized carbons (Fsp3) is 0.412. The van der Waals surface area contributed by atoms with Crippen molar-refractivity contribution in [1.29, 1.82) is 0 Å². The lowest BCUT2D eigenvalue weighted by Crippen LogP contribution is -2.33. The smallest absolute Gasteiger partial charge is 0.224 e. The van der Waals surface area contributed by atoms with E-state index in [4.69, 9.17) is 4.98 Å². The lowest BCUT2D eigenvalue weighted by atomic mass is 10.1. The molecule has 0 radical (unpaired) electrons. The number of nitrogens with zero attached hydrogens (tertiary/aromatic N) is 1. The van der Waals surface area contributed by atoms with Crippen LogP contribution in [0, 0.1) is 12.8 Å². The number of carbonyl (C=O) groups excluding carboxylic acids is 1. The number of aromatic nitrogens is 1. The average Bonchev–Trinajstić information content (AvgIpc) is 3.18. The van der Waals surface area contributed by atoms with Crippen LogP contribution in [0.5, 0.6) is 0 Å². The highest BCUT2D eigenvalue weighted by Gasteiger charge is 2.21.